The molecule has 0 aliphatic rings. The molecule has 4 heteroatoms. The van der Waals surface area contributed by atoms with Crippen LogP contribution in [-0.2, 0) is 0 Å². The van der Waals surface area contributed by atoms with E-state index in [1.165, 1.54) is 0 Å². The molecule has 0 bridgehead atoms. The van der Waals surface area contributed by atoms with Crippen LogP contribution in [0.1, 0.15) is 18.6 Å². The Balaban J connectivity index is 3.18. The van der Waals surface area contributed by atoms with E-state index in [-0.39, 0.29) is 0 Å². The minimum atomic E-state index is -0.912. The summed E-state index contributed by atoms with van der Waals surface area (Å²) >= 11 is 3.40. The molecule has 0 heterocycles. The van der Waals surface area contributed by atoms with Gasteiger partial charge >= 0.3 is 0 Å². The fraction of sp³-hybridized carbons (Fsp3) is 0.250. The van der Waals surface area contributed by atoms with Gasteiger partial charge in [-0.2, -0.15) is 0 Å². The monoisotopic (exact) mass is 336 g/mol. The smallest absolute Gasteiger partial charge is 0.143 e. The van der Waals surface area contributed by atoms with Crippen molar-refractivity contribution in [1.82, 2.24) is 0 Å². The predicted molar refractivity (Wildman–Crippen MR) is 83.9 cm³/mol. The summed E-state index contributed by atoms with van der Waals surface area (Å²) in [5.74, 6) is 6.50. The van der Waals surface area contributed by atoms with Gasteiger partial charge in [0, 0.05) is 11.6 Å². The lowest BCUT2D eigenvalue weighted by molar-refractivity contribution is 0.229. The molecule has 1 aromatic rings. The van der Waals surface area contributed by atoms with Crippen LogP contribution in [0.4, 0.5) is 0 Å². The van der Waals surface area contributed by atoms with Crippen molar-refractivity contribution in [3.05, 3.63) is 47.5 Å². The number of aliphatic hydroxyl groups is 1. The van der Waals surface area contributed by atoms with Crippen molar-refractivity contribution in [3.8, 4) is 23.3 Å². The second-order valence-corrected chi connectivity index (χ2v) is 4.67. The third-order valence-corrected chi connectivity index (χ3v) is 2.97. The number of hydrogen-bond donors (Lipinski definition) is 1. The Morgan fingerprint density at radius 2 is 1.85 bits per heavy atom. The zero-order valence-electron chi connectivity index (χ0n) is 11.4. The van der Waals surface area contributed by atoms with Crippen molar-refractivity contribution >= 4 is 15.9 Å². The van der Waals surface area contributed by atoms with E-state index in [0.29, 0.717) is 30.3 Å². The summed E-state index contributed by atoms with van der Waals surface area (Å²) in [6, 6.07) is 3.46. The van der Waals surface area contributed by atoms with E-state index in [0.717, 1.165) is 4.47 Å². The molecule has 0 aliphatic carbocycles. The molecule has 0 aromatic heterocycles. The van der Waals surface area contributed by atoms with E-state index in [9.17, 15) is 5.11 Å². The van der Waals surface area contributed by atoms with Crippen LogP contribution in [0.25, 0.3) is 0 Å². The Labute approximate surface area is 128 Å². The van der Waals surface area contributed by atoms with Crippen molar-refractivity contribution in [2.75, 3.05) is 13.2 Å². The summed E-state index contributed by atoms with van der Waals surface area (Å²) < 4.78 is 11.8. The fourth-order valence-corrected chi connectivity index (χ4v) is 1.99. The largest absolute Gasteiger partial charge is 0.489 e. The van der Waals surface area contributed by atoms with E-state index in [1.54, 1.807) is 31.2 Å². The third-order valence-electron chi connectivity index (χ3n) is 2.35. The molecule has 1 rings (SSSR count). The minimum Gasteiger partial charge on any atom is -0.489 e. The summed E-state index contributed by atoms with van der Waals surface area (Å²) in [4.78, 5) is 0. The maximum atomic E-state index is 10.0. The van der Waals surface area contributed by atoms with Gasteiger partial charge in [0.1, 0.15) is 30.8 Å². The molecule has 0 spiro atoms. The van der Waals surface area contributed by atoms with Gasteiger partial charge in [0.2, 0.25) is 0 Å². The summed E-state index contributed by atoms with van der Waals surface area (Å²) in [6.45, 7) is 9.60. The second-order valence-electron chi connectivity index (χ2n) is 3.82. The lowest BCUT2D eigenvalue weighted by atomic mass is 10.1. The Kier molecular flexibility index (Phi) is 6.92. The molecule has 0 aliphatic heterocycles. The maximum Gasteiger partial charge on any atom is 0.143 e. The highest BCUT2D eigenvalue weighted by molar-refractivity contribution is 9.10. The third kappa shape index (κ3) is 4.44. The lowest BCUT2D eigenvalue weighted by Gasteiger charge is -2.15. The van der Waals surface area contributed by atoms with Crippen LogP contribution in [0, 0.1) is 11.8 Å². The highest BCUT2D eigenvalue weighted by Gasteiger charge is 2.15. The molecule has 0 fully saturated rings. The molecular weight excluding hydrogens is 320 g/mol. The van der Waals surface area contributed by atoms with Crippen molar-refractivity contribution in [1.29, 1.82) is 0 Å². The van der Waals surface area contributed by atoms with Gasteiger partial charge < -0.3 is 14.6 Å². The number of halogens is 1. The SMILES string of the molecule is C=CCOc1cc(OCC=C)c(C(O)C#CC)cc1Br. The molecule has 20 heavy (non-hydrogen) atoms. The van der Waals surface area contributed by atoms with Crippen LogP contribution >= 0.6 is 15.9 Å². The van der Waals surface area contributed by atoms with Crippen LogP contribution in [0.2, 0.25) is 0 Å². The van der Waals surface area contributed by atoms with Gasteiger partial charge in [-0.05, 0) is 28.9 Å². The van der Waals surface area contributed by atoms with E-state index in [2.05, 4.69) is 40.9 Å². The second kappa shape index (κ2) is 8.47. The number of aliphatic hydroxyl groups excluding tert-OH is 1. The predicted octanol–water partition coefficient (Wildman–Crippen LogP) is 3.64. The average molecular weight is 337 g/mol. The Bertz CT molecular complexity index is 541. The first-order chi connectivity index (χ1) is 9.63. The Morgan fingerprint density at radius 3 is 2.40 bits per heavy atom. The average Bonchev–Trinajstić information content (AvgIpc) is 2.44. The topological polar surface area (TPSA) is 38.7 Å². The summed E-state index contributed by atoms with van der Waals surface area (Å²) in [6.07, 6.45) is 2.38. The van der Waals surface area contributed by atoms with Gasteiger partial charge in [0.25, 0.3) is 0 Å². The molecule has 1 unspecified atom stereocenters. The van der Waals surface area contributed by atoms with Crippen molar-refractivity contribution < 1.29 is 14.6 Å². The highest BCUT2D eigenvalue weighted by atomic mass is 79.9. The zero-order valence-corrected chi connectivity index (χ0v) is 12.9. The van der Waals surface area contributed by atoms with Crippen molar-refractivity contribution in [3.63, 3.8) is 0 Å². The summed E-state index contributed by atoms with van der Waals surface area (Å²) in [5, 5.41) is 10.0. The molecule has 3 nitrogen and oxygen atoms in total. The quantitative estimate of drug-likeness (QED) is 0.610. The van der Waals surface area contributed by atoms with Gasteiger partial charge in [-0.15, -0.1) is 5.92 Å². The highest BCUT2D eigenvalue weighted by Crippen LogP contribution is 2.36. The molecule has 0 saturated heterocycles. The molecule has 1 atom stereocenters. The number of benzene rings is 1. The normalized spacial score (nSPS) is 10.9. The molecule has 1 aromatic carbocycles. The van der Waals surface area contributed by atoms with Gasteiger partial charge in [0.15, 0.2) is 0 Å². The van der Waals surface area contributed by atoms with Gasteiger partial charge in [-0.25, -0.2) is 0 Å². The van der Waals surface area contributed by atoms with E-state index in [4.69, 9.17) is 9.47 Å². The van der Waals surface area contributed by atoms with Gasteiger partial charge in [0.05, 0.1) is 4.47 Å². The molecule has 106 valence electrons. The fourth-order valence-electron chi connectivity index (χ4n) is 1.51. The zero-order chi connectivity index (χ0) is 15.0. The first-order valence-corrected chi connectivity index (χ1v) is 6.84. The minimum absolute atomic E-state index is 0.335. The van der Waals surface area contributed by atoms with E-state index < -0.39 is 6.10 Å². The van der Waals surface area contributed by atoms with Crippen molar-refractivity contribution in [2.45, 2.75) is 13.0 Å². The molecule has 0 amide bonds. The van der Waals surface area contributed by atoms with Crippen LogP contribution < -0.4 is 9.47 Å². The lowest BCUT2D eigenvalue weighted by Crippen LogP contribution is -2.03. The van der Waals surface area contributed by atoms with Crippen LogP contribution in [-0.4, -0.2) is 18.3 Å². The Hall–Kier alpha value is -1.70. The van der Waals surface area contributed by atoms with Gasteiger partial charge in [-0.1, -0.05) is 31.2 Å². The Morgan fingerprint density at radius 1 is 1.25 bits per heavy atom. The van der Waals surface area contributed by atoms with E-state index >= 15 is 0 Å². The molecule has 1 N–H and O–H groups in total. The summed E-state index contributed by atoms with van der Waals surface area (Å²) in [5.41, 5.74) is 0.582. The summed E-state index contributed by atoms with van der Waals surface area (Å²) in [7, 11) is 0. The standard InChI is InChI=1S/C16H17BrO3/c1-4-7-14(18)12-10-13(17)16(20-9-6-3)11-15(12)19-8-5-2/h5-6,10-11,14,18H,2-3,8-9H2,1H3. The number of ether oxygens (including phenoxy) is 2. The van der Waals surface area contributed by atoms with Crippen molar-refractivity contribution in [2.24, 2.45) is 0 Å². The number of rotatable bonds is 7. The van der Waals surface area contributed by atoms with Crippen LogP contribution in [0.5, 0.6) is 11.5 Å². The first kappa shape index (κ1) is 16.4. The van der Waals surface area contributed by atoms with Gasteiger partial charge in [-0.3, -0.25) is 0 Å². The van der Waals surface area contributed by atoms with Crippen LogP contribution in [0.3, 0.4) is 0 Å². The molecular formula is C16H17BrO3. The van der Waals surface area contributed by atoms with E-state index in [1.807, 2.05) is 0 Å². The first-order valence-electron chi connectivity index (χ1n) is 6.05. The van der Waals surface area contributed by atoms with Crippen LogP contribution in [0.15, 0.2) is 41.9 Å². The molecule has 0 radical (unpaired) electrons. The molecule has 0 saturated carbocycles. The maximum absolute atomic E-state index is 10.0. The number of hydrogen-bond acceptors (Lipinski definition) is 3.